The molecule has 0 N–H and O–H groups in total. The zero-order valence-electron chi connectivity index (χ0n) is 8.44. The first-order chi connectivity index (χ1) is 7.43. The number of hydrogen-bond acceptors (Lipinski definition) is 3. The summed E-state index contributed by atoms with van der Waals surface area (Å²) in [6.45, 7) is 1.20. The quantitative estimate of drug-likeness (QED) is 0.589. The van der Waals surface area contributed by atoms with Crippen LogP contribution >= 0.6 is 0 Å². The molecule has 86 valence electrons. The van der Waals surface area contributed by atoms with E-state index in [4.69, 9.17) is 0 Å². The molecular weight excluding hydrogens is 220 g/mol. The molecular formula is C10H9F2NO3. The highest BCUT2D eigenvalue weighted by molar-refractivity contribution is 5.80. The number of halogens is 2. The second-order valence-corrected chi connectivity index (χ2v) is 3.28. The summed E-state index contributed by atoms with van der Waals surface area (Å²) in [6.07, 6.45) is -3.18. The molecule has 0 saturated carbocycles. The van der Waals surface area contributed by atoms with Gasteiger partial charge in [0.05, 0.1) is 4.92 Å². The molecule has 0 aliphatic rings. The van der Waals surface area contributed by atoms with Crippen molar-refractivity contribution in [1.82, 2.24) is 0 Å². The molecule has 0 aliphatic carbocycles. The van der Waals surface area contributed by atoms with E-state index in [0.29, 0.717) is 0 Å². The minimum Gasteiger partial charge on any atom is -0.300 e. The number of Topliss-reactive ketones (excluding diaryl/α,β-unsaturated/α-hetero) is 1. The number of benzene rings is 1. The van der Waals surface area contributed by atoms with E-state index < -0.39 is 28.4 Å². The topological polar surface area (TPSA) is 60.2 Å². The predicted octanol–water partition coefficient (Wildman–Crippen LogP) is 2.66. The van der Waals surface area contributed by atoms with E-state index in [1.54, 1.807) is 0 Å². The maximum atomic E-state index is 12.6. The van der Waals surface area contributed by atoms with Crippen LogP contribution in [0.2, 0.25) is 0 Å². The molecule has 0 atom stereocenters. The van der Waals surface area contributed by atoms with Gasteiger partial charge in [-0.3, -0.25) is 14.9 Å². The molecule has 0 fully saturated rings. The average Bonchev–Trinajstić information content (AvgIpc) is 2.16. The molecule has 1 rings (SSSR count). The molecule has 0 heterocycles. The van der Waals surface area contributed by atoms with Gasteiger partial charge in [0.1, 0.15) is 5.78 Å². The van der Waals surface area contributed by atoms with Crippen LogP contribution in [0, 0.1) is 10.1 Å². The normalized spacial score (nSPS) is 10.5. The van der Waals surface area contributed by atoms with Crippen LogP contribution in [-0.4, -0.2) is 10.7 Å². The smallest absolute Gasteiger partial charge is 0.273 e. The number of nitrogens with zero attached hydrogens (tertiary/aromatic N) is 1. The first-order valence-corrected chi connectivity index (χ1v) is 4.47. The Morgan fingerprint density at radius 1 is 1.50 bits per heavy atom. The van der Waals surface area contributed by atoms with Gasteiger partial charge in [0, 0.05) is 23.6 Å². The van der Waals surface area contributed by atoms with Crippen LogP contribution in [-0.2, 0) is 11.2 Å². The minimum atomic E-state index is -2.82. The lowest BCUT2D eigenvalue weighted by molar-refractivity contribution is -0.385. The Morgan fingerprint density at radius 2 is 2.12 bits per heavy atom. The Balaban J connectivity index is 3.34. The van der Waals surface area contributed by atoms with E-state index in [1.165, 1.54) is 13.0 Å². The van der Waals surface area contributed by atoms with Gasteiger partial charge >= 0.3 is 0 Å². The maximum Gasteiger partial charge on any atom is 0.273 e. The number of alkyl halides is 2. The number of rotatable bonds is 4. The summed E-state index contributed by atoms with van der Waals surface area (Å²) in [5, 5.41) is 10.6. The molecule has 16 heavy (non-hydrogen) atoms. The van der Waals surface area contributed by atoms with E-state index in [2.05, 4.69) is 0 Å². The summed E-state index contributed by atoms with van der Waals surface area (Å²) in [7, 11) is 0. The Morgan fingerprint density at radius 3 is 2.56 bits per heavy atom. The zero-order valence-corrected chi connectivity index (χ0v) is 8.44. The Bertz CT molecular complexity index is 432. The van der Waals surface area contributed by atoms with Gasteiger partial charge in [0.2, 0.25) is 0 Å². The molecule has 6 heteroatoms. The number of nitro groups is 1. The largest absolute Gasteiger partial charge is 0.300 e. The monoisotopic (exact) mass is 229 g/mol. The predicted molar refractivity (Wildman–Crippen MR) is 52.4 cm³/mol. The Labute approximate surface area is 90.0 Å². The van der Waals surface area contributed by atoms with Crippen molar-refractivity contribution in [3.05, 3.63) is 39.4 Å². The first-order valence-electron chi connectivity index (χ1n) is 4.47. The van der Waals surface area contributed by atoms with Crippen LogP contribution in [0.5, 0.6) is 0 Å². The molecule has 0 aliphatic heterocycles. The van der Waals surface area contributed by atoms with Gasteiger partial charge in [-0.25, -0.2) is 8.78 Å². The average molecular weight is 229 g/mol. The van der Waals surface area contributed by atoms with Crippen molar-refractivity contribution in [3.8, 4) is 0 Å². The molecule has 0 unspecified atom stereocenters. The summed E-state index contributed by atoms with van der Waals surface area (Å²) in [6, 6.07) is 3.39. The van der Waals surface area contributed by atoms with Crippen LogP contribution in [0.3, 0.4) is 0 Å². The van der Waals surface area contributed by atoms with Gasteiger partial charge in [-0.1, -0.05) is 12.1 Å². The highest BCUT2D eigenvalue weighted by Gasteiger charge is 2.22. The molecule has 1 aromatic rings. The summed E-state index contributed by atoms with van der Waals surface area (Å²) >= 11 is 0. The summed E-state index contributed by atoms with van der Waals surface area (Å²) in [5.41, 5.74) is -1.09. The Kier molecular flexibility index (Phi) is 3.65. The second kappa shape index (κ2) is 4.78. The highest BCUT2D eigenvalue weighted by Crippen LogP contribution is 2.30. The standard InChI is InChI=1S/C10H9F2NO3/c1-6(14)5-8-7(10(11)12)3-2-4-9(8)13(15)16/h2-4,10H,5H2,1H3. The van der Waals surface area contributed by atoms with E-state index >= 15 is 0 Å². The van der Waals surface area contributed by atoms with Crippen LogP contribution in [0.4, 0.5) is 14.5 Å². The molecule has 0 amide bonds. The van der Waals surface area contributed by atoms with Crippen molar-refractivity contribution in [2.75, 3.05) is 0 Å². The fourth-order valence-corrected chi connectivity index (χ4v) is 1.41. The van der Waals surface area contributed by atoms with Crippen molar-refractivity contribution < 1.29 is 18.5 Å². The van der Waals surface area contributed by atoms with Gasteiger partial charge in [-0.2, -0.15) is 0 Å². The van der Waals surface area contributed by atoms with Crippen molar-refractivity contribution in [2.45, 2.75) is 19.8 Å². The molecule has 0 bridgehead atoms. The van der Waals surface area contributed by atoms with Crippen molar-refractivity contribution in [1.29, 1.82) is 0 Å². The second-order valence-electron chi connectivity index (χ2n) is 3.28. The Hall–Kier alpha value is -1.85. The number of ketones is 1. The SMILES string of the molecule is CC(=O)Cc1c(C(F)F)cccc1[N+](=O)[O-]. The highest BCUT2D eigenvalue weighted by atomic mass is 19.3. The van der Waals surface area contributed by atoms with Gasteiger partial charge in [0.25, 0.3) is 12.1 Å². The number of nitro benzene ring substituents is 1. The zero-order chi connectivity index (χ0) is 12.3. The number of carbonyl (C=O) groups is 1. The molecule has 0 radical (unpaired) electrons. The van der Waals surface area contributed by atoms with E-state index in [1.807, 2.05) is 0 Å². The maximum absolute atomic E-state index is 12.6. The van der Waals surface area contributed by atoms with E-state index in [0.717, 1.165) is 12.1 Å². The first kappa shape index (κ1) is 12.2. The third-order valence-electron chi connectivity index (χ3n) is 2.05. The van der Waals surface area contributed by atoms with Gasteiger partial charge < -0.3 is 0 Å². The summed E-state index contributed by atoms with van der Waals surface area (Å²) in [5.74, 6) is -0.392. The number of hydrogen-bond donors (Lipinski definition) is 0. The van der Waals surface area contributed by atoms with Gasteiger partial charge in [-0.05, 0) is 6.92 Å². The summed E-state index contributed by atoms with van der Waals surface area (Å²) in [4.78, 5) is 20.8. The van der Waals surface area contributed by atoms with Crippen molar-refractivity contribution in [3.63, 3.8) is 0 Å². The molecule has 1 aromatic carbocycles. The summed E-state index contributed by atoms with van der Waals surface area (Å²) < 4.78 is 25.2. The molecule has 0 aromatic heterocycles. The third-order valence-corrected chi connectivity index (χ3v) is 2.05. The third kappa shape index (κ3) is 2.59. The lowest BCUT2D eigenvalue weighted by Gasteiger charge is -2.07. The van der Waals surface area contributed by atoms with Crippen LogP contribution < -0.4 is 0 Å². The van der Waals surface area contributed by atoms with Gasteiger partial charge in [-0.15, -0.1) is 0 Å². The lowest BCUT2D eigenvalue weighted by atomic mass is 10.0. The van der Waals surface area contributed by atoms with Crippen LogP contribution in [0.15, 0.2) is 18.2 Å². The fourth-order valence-electron chi connectivity index (χ4n) is 1.41. The molecule has 0 spiro atoms. The van der Waals surface area contributed by atoms with Crippen LogP contribution in [0.25, 0.3) is 0 Å². The van der Waals surface area contributed by atoms with E-state index in [-0.39, 0.29) is 12.0 Å². The van der Waals surface area contributed by atoms with Crippen molar-refractivity contribution >= 4 is 11.5 Å². The molecule has 0 saturated heterocycles. The minimum absolute atomic E-state index is 0.199. The fraction of sp³-hybridized carbons (Fsp3) is 0.300. The molecule has 4 nitrogen and oxygen atoms in total. The van der Waals surface area contributed by atoms with E-state index in [9.17, 15) is 23.7 Å². The van der Waals surface area contributed by atoms with Gasteiger partial charge in [0.15, 0.2) is 0 Å². The number of carbonyl (C=O) groups excluding carboxylic acids is 1. The lowest BCUT2D eigenvalue weighted by Crippen LogP contribution is -2.05. The van der Waals surface area contributed by atoms with Crippen LogP contribution in [0.1, 0.15) is 24.5 Å². The van der Waals surface area contributed by atoms with Crippen molar-refractivity contribution in [2.24, 2.45) is 0 Å².